The van der Waals surface area contributed by atoms with Crippen LogP contribution in [0.2, 0.25) is 10.0 Å². The lowest BCUT2D eigenvalue weighted by atomic mass is 10.2. The normalized spacial score (nSPS) is 11.3. The molecule has 0 aliphatic rings. The molecular weight excluding hydrogens is 471 g/mol. The number of benzene rings is 3. The van der Waals surface area contributed by atoms with Crippen LogP contribution >= 0.6 is 23.2 Å². The van der Waals surface area contributed by atoms with E-state index in [4.69, 9.17) is 23.2 Å². The van der Waals surface area contributed by atoms with E-state index in [0.29, 0.717) is 26.8 Å². The average molecular weight is 491 g/mol. The molecule has 0 spiro atoms. The Bertz CT molecular complexity index is 1620. The minimum atomic E-state index is -0.270. The van der Waals surface area contributed by atoms with Crippen LogP contribution in [0.5, 0.6) is 0 Å². The first-order valence-electron chi connectivity index (χ1n) is 10.7. The molecule has 2 heterocycles. The van der Waals surface area contributed by atoms with Gasteiger partial charge in [0.05, 0.1) is 18.4 Å². The summed E-state index contributed by atoms with van der Waals surface area (Å²) < 4.78 is 3.23. The minimum Gasteiger partial charge on any atom is -0.325 e. The molecule has 5 rings (SSSR count). The highest BCUT2D eigenvalue weighted by Crippen LogP contribution is 2.27. The van der Waals surface area contributed by atoms with E-state index in [1.165, 1.54) is 10.9 Å². The maximum Gasteiger partial charge on any atom is 0.278 e. The van der Waals surface area contributed by atoms with Crippen molar-refractivity contribution < 1.29 is 4.79 Å². The van der Waals surface area contributed by atoms with Crippen molar-refractivity contribution in [1.82, 2.24) is 14.1 Å². The largest absolute Gasteiger partial charge is 0.325 e. The lowest BCUT2D eigenvalue weighted by molar-refractivity contribution is -0.116. The molecule has 34 heavy (non-hydrogen) atoms. The molecule has 0 saturated carbocycles. The molecule has 0 unspecified atom stereocenters. The molecule has 170 valence electrons. The van der Waals surface area contributed by atoms with E-state index < -0.39 is 0 Å². The Morgan fingerprint density at radius 2 is 1.71 bits per heavy atom. The summed E-state index contributed by atoms with van der Waals surface area (Å²) in [6, 6.07) is 20.3. The standard InChI is InChI=1S/C26H20Cl2N4O2/c1-16-19(27)10-6-11-21(16)30-23(33)14-32-22-12-5-3-8-18(22)24-25(32)26(34)31(15-29-24)13-17-7-2-4-9-20(17)28/h2-12,15H,13-14H2,1H3,(H,30,33). The number of nitrogens with one attached hydrogen (secondary N) is 1. The van der Waals surface area contributed by atoms with Crippen LogP contribution in [0.1, 0.15) is 11.1 Å². The molecule has 0 aliphatic carbocycles. The zero-order valence-corrected chi connectivity index (χ0v) is 19.8. The molecule has 1 amide bonds. The number of hydrogen-bond donors (Lipinski definition) is 1. The molecule has 0 saturated heterocycles. The van der Waals surface area contributed by atoms with Crippen LogP contribution in [0.3, 0.4) is 0 Å². The van der Waals surface area contributed by atoms with E-state index in [0.717, 1.165) is 22.0 Å². The maximum absolute atomic E-state index is 13.6. The van der Waals surface area contributed by atoms with Gasteiger partial charge < -0.3 is 9.88 Å². The molecule has 1 N–H and O–H groups in total. The second-order valence-corrected chi connectivity index (χ2v) is 8.84. The third-order valence-electron chi connectivity index (χ3n) is 5.88. The van der Waals surface area contributed by atoms with Crippen molar-refractivity contribution in [3.63, 3.8) is 0 Å². The third-order valence-corrected chi connectivity index (χ3v) is 6.65. The lowest BCUT2D eigenvalue weighted by Crippen LogP contribution is -2.25. The quantitative estimate of drug-likeness (QED) is 0.345. The van der Waals surface area contributed by atoms with Crippen LogP contribution in [0.15, 0.2) is 77.9 Å². The van der Waals surface area contributed by atoms with Crippen molar-refractivity contribution in [2.24, 2.45) is 0 Å². The topological polar surface area (TPSA) is 68.9 Å². The van der Waals surface area contributed by atoms with Gasteiger partial charge in [-0.05, 0) is 42.3 Å². The molecule has 2 aromatic heterocycles. The number of halogens is 2. The Balaban J connectivity index is 1.59. The van der Waals surface area contributed by atoms with Gasteiger partial charge in [-0.3, -0.25) is 14.2 Å². The lowest BCUT2D eigenvalue weighted by Gasteiger charge is -2.12. The molecule has 8 heteroatoms. The van der Waals surface area contributed by atoms with Crippen LogP contribution in [0.25, 0.3) is 21.9 Å². The second kappa shape index (κ2) is 8.97. The first kappa shape index (κ1) is 22.2. The molecule has 0 atom stereocenters. The summed E-state index contributed by atoms with van der Waals surface area (Å²) in [5.41, 5.74) is 3.67. The molecule has 6 nitrogen and oxygen atoms in total. The third kappa shape index (κ3) is 3.95. The Kier molecular flexibility index (Phi) is 5.86. The second-order valence-electron chi connectivity index (χ2n) is 8.03. The number of carbonyl (C=O) groups excluding carboxylic acids is 1. The summed E-state index contributed by atoms with van der Waals surface area (Å²) in [6.45, 7) is 2.07. The van der Waals surface area contributed by atoms with Crippen molar-refractivity contribution in [2.75, 3.05) is 5.32 Å². The molecule has 3 aromatic carbocycles. The number of hydrogen-bond acceptors (Lipinski definition) is 3. The van der Waals surface area contributed by atoms with Crippen LogP contribution in [0, 0.1) is 6.92 Å². The van der Waals surface area contributed by atoms with Crippen LogP contribution < -0.4 is 10.9 Å². The molecule has 0 fully saturated rings. The van der Waals surface area contributed by atoms with Gasteiger partial charge >= 0.3 is 0 Å². The first-order valence-corrected chi connectivity index (χ1v) is 11.4. The van der Waals surface area contributed by atoms with Gasteiger partial charge in [-0.15, -0.1) is 0 Å². The first-order chi connectivity index (χ1) is 16.4. The average Bonchev–Trinajstić information content (AvgIpc) is 3.14. The van der Waals surface area contributed by atoms with Crippen LogP contribution in [0.4, 0.5) is 5.69 Å². The summed E-state index contributed by atoms with van der Waals surface area (Å²) in [5, 5.41) is 4.87. The number of aromatic nitrogens is 3. The van der Waals surface area contributed by atoms with Gasteiger partial charge in [0.1, 0.15) is 17.6 Å². The van der Waals surface area contributed by atoms with Gasteiger partial charge in [0.2, 0.25) is 5.91 Å². The number of para-hydroxylation sites is 1. The Morgan fingerprint density at radius 1 is 0.971 bits per heavy atom. The monoisotopic (exact) mass is 490 g/mol. The molecular formula is C26H20Cl2N4O2. The van der Waals surface area contributed by atoms with Crippen molar-refractivity contribution in [2.45, 2.75) is 20.0 Å². The summed E-state index contributed by atoms with van der Waals surface area (Å²) in [5.74, 6) is -0.270. The molecule has 5 aromatic rings. The van der Waals surface area contributed by atoms with Crippen molar-refractivity contribution >= 4 is 56.7 Å². The van der Waals surface area contributed by atoms with Crippen molar-refractivity contribution in [3.8, 4) is 0 Å². The van der Waals surface area contributed by atoms with E-state index in [2.05, 4.69) is 10.3 Å². The van der Waals surface area contributed by atoms with Gasteiger partial charge in [0.15, 0.2) is 0 Å². The number of anilines is 1. The summed E-state index contributed by atoms with van der Waals surface area (Å²) in [7, 11) is 0. The van der Waals surface area contributed by atoms with Gasteiger partial charge in [-0.1, -0.05) is 65.7 Å². The summed E-state index contributed by atoms with van der Waals surface area (Å²) in [4.78, 5) is 31.2. The fourth-order valence-corrected chi connectivity index (χ4v) is 4.48. The highest BCUT2D eigenvalue weighted by atomic mass is 35.5. The van der Waals surface area contributed by atoms with E-state index in [1.807, 2.05) is 49.4 Å². The van der Waals surface area contributed by atoms with E-state index in [9.17, 15) is 9.59 Å². The molecule has 0 radical (unpaired) electrons. The van der Waals surface area contributed by atoms with E-state index >= 15 is 0 Å². The minimum absolute atomic E-state index is 0.0526. The molecule has 0 bridgehead atoms. The zero-order valence-electron chi connectivity index (χ0n) is 18.3. The van der Waals surface area contributed by atoms with Gasteiger partial charge in [-0.2, -0.15) is 0 Å². The van der Waals surface area contributed by atoms with E-state index in [-0.39, 0.29) is 24.6 Å². The van der Waals surface area contributed by atoms with Crippen LogP contribution in [-0.2, 0) is 17.9 Å². The highest BCUT2D eigenvalue weighted by molar-refractivity contribution is 6.32. The molecule has 0 aliphatic heterocycles. The maximum atomic E-state index is 13.6. The number of carbonyl (C=O) groups is 1. The smallest absolute Gasteiger partial charge is 0.278 e. The van der Waals surface area contributed by atoms with Crippen LogP contribution in [-0.4, -0.2) is 20.0 Å². The predicted octanol–water partition coefficient (Wildman–Crippen LogP) is 5.65. The Morgan fingerprint density at radius 3 is 2.53 bits per heavy atom. The SMILES string of the molecule is Cc1c(Cl)cccc1NC(=O)Cn1c2ccccc2c2ncn(Cc3ccccc3Cl)c(=O)c21. The van der Waals surface area contributed by atoms with Gasteiger partial charge in [-0.25, -0.2) is 4.98 Å². The predicted molar refractivity (Wildman–Crippen MR) is 137 cm³/mol. The van der Waals surface area contributed by atoms with Crippen molar-refractivity contribution in [1.29, 1.82) is 0 Å². The fourth-order valence-electron chi connectivity index (χ4n) is 4.11. The van der Waals surface area contributed by atoms with Gasteiger partial charge in [0, 0.05) is 21.1 Å². The summed E-state index contributed by atoms with van der Waals surface area (Å²) in [6.07, 6.45) is 1.53. The fraction of sp³-hybridized carbons (Fsp3) is 0.115. The summed E-state index contributed by atoms with van der Waals surface area (Å²) >= 11 is 12.5. The number of nitrogens with zero attached hydrogens (tertiary/aromatic N) is 3. The number of amides is 1. The number of fused-ring (bicyclic) bond motifs is 3. The Labute approximate surface area is 205 Å². The van der Waals surface area contributed by atoms with E-state index in [1.54, 1.807) is 28.8 Å². The van der Waals surface area contributed by atoms with Gasteiger partial charge in [0.25, 0.3) is 5.56 Å². The highest BCUT2D eigenvalue weighted by Gasteiger charge is 2.19. The zero-order chi connectivity index (χ0) is 23.8. The van der Waals surface area contributed by atoms with Crippen molar-refractivity contribution in [3.05, 3.63) is 105 Å². The Hall–Kier alpha value is -3.61. The number of rotatable bonds is 5.